The van der Waals surface area contributed by atoms with Gasteiger partial charge in [-0.25, -0.2) is 4.98 Å². The predicted octanol–water partition coefficient (Wildman–Crippen LogP) is 1.87. The van der Waals surface area contributed by atoms with Crippen LogP contribution in [0.1, 0.15) is 50.9 Å². The molecule has 2 amide bonds. The summed E-state index contributed by atoms with van der Waals surface area (Å²) in [5.41, 5.74) is 0.304. The molecule has 0 unspecified atom stereocenters. The van der Waals surface area contributed by atoms with Gasteiger partial charge in [0.05, 0.1) is 0 Å². The third-order valence-electron chi connectivity index (χ3n) is 3.71. The summed E-state index contributed by atoms with van der Waals surface area (Å²) in [5, 5.41) is 12.6. The highest BCUT2D eigenvalue weighted by molar-refractivity contribution is 5.89. The topological polar surface area (TPSA) is 99.8 Å². The van der Waals surface area contributed by atoms with Crippen molar-refractivity contribution in [2.45, 2.75) is 46.7 Å². The number of aromatic amines is 1. The summed E-state index contributed by atoms with van der Waals surface area (Å²) in [6.45, 7) is 8.86. The molecule has 0 bridgehead atoms. The molecule has 3 N–H and O–H groups in total. The number of amides is 2. The minimum atomic E-state index is -0.669. The molecule has 7 heteroatoms. The van der Waals surface area contributed by atoms with Crippen molar-refractivity contribution in [1.29, 1.82) is 0 Å². The second kappa shape index (κ2) is 7.46. The van der Waals surface area contributed by atoms with Crippen LogP contribution in [0.5, 0.6) is 0 Å². The van der Waals surface area contributed by atoms with E-state index in [2.05, 4.69) is 25.8 Å². The molecule has 0 fully saturated rings. The number of nitrogens with one attached hydrogen (secondary N) is 3. The van der Waals surface area contributed by atoms with Crippen LogP contribution in [0, 0.1) is 12.3 Å². The van der Waals surface area contributed by atoms with Gasteiger partial charge in [-0.15, -0.1) is 0 Å². The Morgan fingerprint density at radius 2 is 1.76 bits per heavy atom. The Hall–Kier alpha value is -2.70. The zero-order valence-electron chi connectivity index (χ0n) is 15.3. The van der Waals surface area contributed by atoms with Crippen molar-refractivity contribution in [3.63, 3.8) is 0 Å². The average molecular weight is 343 g/mol. The van der Waals surface area contributed by atoms with Crippen LogP contribution in [0.3, 0.4) is 0 Å². The molecule has 0 aliphatic rings. The van der Waals surface area contributed by atoms with Gasteiger partial charge in [0.2, 0.25) is 11.8 Å². The van der Waals surface area contributed by atoms with Crippen LogP contribution in [-0.2, 0) is 9.59 Å². The molecule has 0 aliphatic carbocycles. The molecule has 0 aliphatic heterocycles. The Bertz CT molecular complexity index is 733. The molecule has 2 aromatic rings. The number of aryl methyl sites for hydroxylation is 1. The minimum absolute atomic E-state index is 0.180. The first kappa shape index (κ1) is 18.6. The summed E-state index contributed by atoms with van der Waals surface area (Å²) < 4.78 is 0. The quantitative estimate of drug-likeness (QED) is 0.771. The van der Waals surface area contributed by atoms with E-state index in [1.165, 1.54) is 0 Å². The molecule has 1 aromatic heterocycles. The lowest BCUT2D eigenvalue weighted by Crippen LogP contribution is -2.49. The molecule has 0 spiro atoms. The number of hydrogen-bond donors (Lipinski definition) is 3. The minimum Gasteiger partial charge on any atom is -0.344 e. The molecule has 0 radical (unpaired) electrons. The van der Waals surface area contributed by atoms with Gasteiger partial charge in [0.25, 0.3) is 0 Å². The molecule has 1 heterocycles. The summed E-state index contributed by atoms with van der Waals surface area (Å²) in [6.07, 6.45) is 0. The summed E-state index contributed by atoms with van der Waals surface area (Å²) >= 11 is 0. The SMILES string of the molecule is Cc1nc([C@H](NC(=O)[C@@H](C)NC(=O)C(C)(C)C)c2ccccc2)n[nH]1. The van der Waals surface area contributed by atoms with Gasteiger partial charge >= 0.3 is 0 Å². The van der Waals surface area contributed by atoms with Gasteiger partial charge in [-0.1, -0.05) is 51.1 Å². The van der Waals surface area contributed by atoms with Crippen LogP contribution in [0.2, 0.25) is 0 Å². The molecule has 134 valence electrons. The third kappa shape index (κ3) is 4.89. The van der Waals surface area contributed by atoms with Gasteiger partial charge in [-0.05, 0) is 19.4 Å². The monoisotopic (exact) mass is 343 g/mol. The van der Waals surface area contributed by atoms with Gasteiger partial charge in [-0.3, -0.25) is 14.7 Å². The van der Waals surface area contributed by atoms with Crippen LogP contribution in [0.4, 0.5) is 0 Å². The summed E-state index contributed by atoms with van der Waals surface area (Å²) in [5.74, 6) is 0.666. The maximum atomic E-state index is 12.6. The Kier molecular flexibility index (Phi) is 5.56. The van der Waals surface area contributed by atoms with Crippen molar-refractivity contribution < 1.29 is 9.59 Å². The molecule has 2 rings (SSSR count). The van der Waals surface area contributed by atoms with E-state index in [9.17, 15) is 9.59 Å². The van der Waals surface area contributed by atoms with Gasteiger partial charge in [0.15, 0.2) is 5.82 Å². The molecule has 25 heavy (non-hydrogen) atoms. The van der Waals surface area contributed by atoms with E-state index >= 15 is 0 Å². The zero-order chi connectivity index (χ0) is 18.6. The molecule has 2 atom stereocenters. The lowest BCUT2D eigenvalue weighted by molar-refractivity contribution is -0.133. The first-order valence-electron chi connectivity index (χ1n) is 8.23. The van der Waals surface area contributed by atoms with E-state index in [0.717, 1.165) is 5.56 Å². The molecular weight excluding hydrogens is 318 g/mol. The van der Waals surface area contributed by atoms with E-state index in [1.807, 2.05) is 30.3 Å². The fourth-order valence-corrected chi connectivity index (χ4v) is 2.18. The maximum absolute atomic E-state index is 12.6. The van der Waals surface area contributed by atoms with Gasteiger partial charge < -0.3 is 10.6 Å². The number of rotatable bonds is 5. The molecule has 7 nitrogen and oxygen atoms in total. The fourth-order valence-electron chi connectivity index (χ4n) is 2.18. The van der Waals surface area contributed by atoms with Crippen molar-refractivity contribution in [1.82, 2.24) is 25.8 Å². The second-order valence-corrected chi connectivity index (χ2v) is 7.08. The molecule has 0 saturated carbocycles. The third-order valence-corrected chi connectivity index (χ3v) is 3.71. The summed E-state index contributed by atoms with van der Waals surface area (Å²) in [4.78, 5) is 29.0. The van der Waals surface area contributed by atoms with Crippen molar-refractivity contribution in [3.05, 3.63) is 47.5 Å². The predicted molar refractivity (Wildman–Crippen MR) is 94.6 cm³/mol. The normalized spacial score (nSPS) is 13.8. The van der Waals surface area contributed by atoms with Crippen LogP contribution >= 0.6 is 0 Å². The van der Waals surface area contributed by atoms with Crippen LogP contribution < -0.4 is 10.6 Å². The van der Waals surface area contributed by atoms with Crippen molar-refractivity contribution in [2.24, 2.45) is 5.41 Å². The smallest absolute Gasteiger partial charge is 0.243 e. The number of carbonyl (C=O) groups excluding carboxylic acids is 2. The van der Waals surface area contributed by atoms with E-state index in [1.54, 1.807) is 34.6 Å². The highest BCUT2D eigenvalue weighted by atomic mass is 16.2. The Morgan fingerprint density at radius 1 is 1.12 bits per heavy atom. The standard InChI is InChI=1S/C18H25N5O2/c1-11(19-17(25)18(3,4)5)16(24)21-14(13-9-7-6-8-10-13)15-20-12(2)22-23-15/h6-11,14H,1-5H3,(H,19,25)(H,21,24)(H,20,22,23)/t11-,14-/m1/s1. The van der Waals surface area contributed by atoms with E-state index < -0.39 is 17.5 Å². The summed E-state index contributed by atoms with van der Waals surface area (Å²) in [6, 6.07) is 8.31. The highest BCUT2D eigenvalue weighted by Crippen LogP contribution is 2.19. The Morgan fingerprint density at radius 3 is 2.28 bits per heavy atom. The molecule has 0 saturated heterocycles. The number of hydrogen-bond acceptors (Lipinski definition) is 4. The first-order valence-corrected chi connectivity index (χ1v) is 8.23. The van der Waals surface area contributed by atoms with Crippen molar-refractivity contribution in [3.8, 4) is 0 Å². The highest BCUT2D eigenvalue weighted by Gasteiger charge is 2.27. The zero-order valence-corrected chi connectivity index (χ0v) is 15.3. The summed E-state index contributed by atoms with van der Waals surface area (Å²) in [7, 11) is 0. The van der Waals surface area contributed by atoms with Gasteiger partial charge in [0.1, 0.15) is 17.9 Å². The van der Waals surface area contributed by atoms with Crippen LogP contribution in [-0.4, -0.2) is 33.0 Å². The van der Waals surface area contributed by atoms with E-state index in [4.69, 9.17) is 0 Å². The van der Waals surface area contributed by atoms with E-state index in [-0.39, 0.29) is 11.8 Å². The molecular formula is C18H25N5O2. The van der Waals surface area contributed by atoms with Crippen LogP contribution in [0.25, 0.3) is 0 Å². The maximum Gasteiger partial charge on any atom is 0.243 e. The van der Waals surface area contributed by atoms with Crippen molar-refractivity contribution in [2.75, 3.05) is 0 Å². The number of H-pyrrole nitrogens is 1. The number of benzene rings is 1. The first-order chi connectivity index (χ1) is 11.7. The fraction of sp³-hybridized carbons (Fsp3) is 0.444. The average Bonchev–Trinajstić information content (AvgIpc) is 2.98. The van der Waals surface area contributed by atoms with Crippen molar-refractivity contribution >= 4 is 11.8 Å². The second-order valence-electron chi connectivity index (χ2n) is 7.08. The number of aromatic nitrogens is 3. The Labute approximate surface area is 147 Å². The molecule has 1 aromatic carbocycles. The lowest BCUT2D eigenvalue weighted by Gasteiger charge is -2.23. The number of carbonyl (C=O) groups is 2. The van der Waals surface area contributed by atoms with Gasteiger partial charge in [-0.2, -0.15) is 5.10 Å². The van der Waals surface area contributed by atoms with Crippen LogP contribution in [0.15, 0.2) is 30.3 Å². The Balaban J connectivity index is 2.17. The van der Waals surface area contributed by atoms with E-state index in [0.29, 0.717) is 11.6 Å². The largest absolute Gasteiger partial charge is 0.344 e. The van der Waals surface area contributed by atoms with Gasteiger partial charge in [0, 0.05) is 5.41 Å². The number of nitrogens with zero attached hydrogens (tertiary/aromatic N) is 2. The lowest BCUT2D eigenvalue weighted by atomic mass is 9.95.